The first-order valence-corrected chi connectivity index (χ1v) is 7.14. The van der Waals surface area contributed by atoms with Crippen LogP contribution in [-0.2, 0) is 4.79 Å². The van der Waals surface area contributed by atoms with Gasteiger partial charge in [-0.2, -0.15) is 10.5 Å². The maximum Gasteiger partial charge on any atom is 0.229 e. The lowest BCUT2D eigenvalue weighted by atomic mass is 9.84. The summed E-state index contributed by atoms with van der Waals surface area (Å²) >= 11 is 0. The van der Waals surface area contributed by atoms with Crippen molar-refractivity contribution >= 4 is 11.6 Å². The average molecular weight is 280 g/mol. The van der Waals surface area contributed by atoms with Crippen LogP contribution in [0.5, 0.6) is 0 Å². The number of fused-ring (bicyclic) bond motifs is 2. The standard InChI is InChI=1S/C16H16N4O/c17-7-11-3-4-13(6-12(11)8-18)20-16(21)14-9-1-2-10(5-9)15(14)19/h3-4,6,9-10,14-15H,1-2,5,19H2,(H,20,21). The molecule has 0 heterocycles. The Labute approximate surface area is 123 Å². The fourth-order valence-electron chi connectivity index (χ4n) is 3.76. The van der Waals surface area contributed by atoms with E-state index >= 15 is 0 Å². The van der Waals surface area contributed by atoms with E-state index in [1.165, 1.54) is 6.07 Å². The minimum absolute atomic E-state index is 0.0578. The molecule has 2 aliphatic carbocycles. The maximum atomic E-state index is 12.4. The number of nitrogens with two attached hydrogens (primary N) is 1. The van der Waals surface area contributed by atoms with Gasteiger partial charge < -0.3 is 11.1 Å². The minimum atomic E-state index is -0.134. The number of carbonyl (C=O) groups excluding carboxylic acids is 1. The van der Waals surface area contributed by atoms with Gasteiger partial charge in [-0.1, -0.05) is 0 Å². The number of rotatable bonds is 2. The summed E-state index contributed by atoms with van der Waals surface area (Å²) < 4.78 is 0. The summed E-state index contributed by atoms with van der Waals surface area (Å²) in [6.07, 6.45) is 3.26. The number of nitrogens with one attached hydrogen (secondary N) is 1. The zero-order chi connectivity index (χ0) is 15.0. The second-order valence-corrected chi connectivity index (χ2v) is 5.91. The van der Waals surface area contributed by atoms with E-state index in [2.05, 4.69) is 5.32 Å². The second kappa shape index (κ2) is 5.20. The van der Waals surface area contributed by atoms with Gasteiger partial charge in [0.25, 0.3) is 0 Å². The highest BCUT2D eigenvalue weighted by atomic mass is 16.2. The van der Waals surface area contributed by atoms with E-state index in [0.29, 0.717) is 23.1 Å². The smallest absolute Gasteiger partial charge is 0.229 e. The molecule has 1 aromatic rings. The fourth-order valence-corrected chi connectivity index (χ4v) is 3.76. The molecule has 21 heavy (non-hydrogen) atoms. The van der Waals surface area contributed by atoms with Gasteiger partial charge >= 0.3 is 0 Å². The van der Waals surface area contributed by atoms with Crippen molar-refractivity contribution in [2.45, 2.75) is 25.3 Å². The van der Waals surface area contributed by atoms with Crippen molar-refractivity contribution < 1.29 is 4.79 Å². The highest BCUT2D eigenvalue weighted by Gasteiger charge is 2.49. The van der Waals surface area contributed by atoms with Crippen LogP contribution in [0.15, 0.2) is 18.2 Å². The highest BCUT2D eigenvalue weighted by molar-refractivity contribution is 5.94. The van der Waals surface area contributed by atoms with Gasteiger partial charge in [-0.25, -0.2) is 0 Å². The molecule has 0 radical (unpaired) electrons. The topological polar surface area (TPSA) is 103 Å². The average Bonchev–Trinajstić information content (AvgIpc) is 3.07. The first kappa shape index (κ1) is 13.6. The molecule has 106 valence electrons. The Morgan fingerprint density at radius 2 is 1.90 bits per heavy atom. The number of hydrogen-bond acceptors (Lipinski definition) is 4. The van der Waals surface area contributed by atoms with E-state index < -0.39 is 0 Å². The molecule has 3 rings (SSSR count). The van der Waals surface area contributed by atoms with Crippen molar-refractivity contribution in [3.05, 3.63) is 29.3 Å². The van der Waals surface area contributed by atoms with Gasteiger partial charge in [-0.15, -0.1) is 0 Å². The number of amides is 1. The molecule has 2 saturated carbocycles. The third-order valence-electron chi connectivity index (χ3n) is 4.81. The molecule has 0 aromatic heterocycles. The Morgan fingerprint density at radius 1 is 1.19 bits per heavy atom. The van der Waals surface area contributed by atoms with Crippen LogP contribution in [0, 0.1) is 40.4 Å². The van der Waals surface area contributed by atoms with Crippen LogP contribution in [0.2, 0.25) is 0 Å². The van der Waals surface area contributed by atoms with Gasteiger partial charge in [0, 0.05) is 11.7 Å². The van der Waals surface area contributed by atoms with Gasteiger partial charge in [0.15, 0.2) is 0 Å². The third kappa shape index (κ3) is 2.26. The molecular formula is C16H16N4O. The molecule has 5 heteroatoms. The van der Waals surface area contributed by atoms with Crippen molar-refractivity contribution in [3.8, 4) is 12.1 Å². The molecule has 4 unspecified atom stereocenters. The van der Waals surface area contributed by atoms with Gasteiger partial charge in [0.05, 0.1) is 17.0 Å². The quantitative estimate of drug-likeness (QED) is 0.861. The highest BCUT2D eigenvalue weighted by Crippen LogP contribution is 2.47. The summed E-state index contributed by atoms with van der Waals surface area (Å²) in [5, 5.41) is 20.8. The fraction of sp³-hybridized carbons (Fsp3) is 0.438. The second-order valence-electron chi connectivity index (χ2n) is 5.91. The molecule has 2 fully saturated rings. The first-order valence-electron chi connectivity index (χ1n) is 7.14. The van der Waals surface area contributed by atoms with E-state index in [0.717, 1.165) is 19.3 Å². The summed E-state index contributed by atoms with van der Waals surface area (Å²) in [6, 6.07) is 8.60. The summed E-state index contributed by atoms with van der Waals surface area (Å²) in [4.78, 5) is 12.4. The van der Waals surface area contributed by atoms with E-state index in [4.69, 9.17) is 16.3 Å². The zero-order valence-corrected chi connectivity index (χ0v) is 11.5. The Balaban J connectivity index is 1.77. The summed E-state index contributed by atoms with van der Waals surface area (Å²) in [5.74, 6) is 0.661. The number of carbonyl (C=O) groups is 1. The van der Waals surface area contributed by atoms with Crippen molar-refractivity contribution in [3.63, 3.8) is 0 Å². The summed E-state index contributed by atoms with van der Waals surface area (Å²) in [5.41, 5.74) is 7.29. The molecule has 1 aromatic carbocycles. The predicted octanol–water partition coefficient (Wildman–Crippen LogP) is 1.74. The van der Waals surface area contributed by atoms with Crippen LogP contribution in [0.25, 0.3) is 0 Å². The Hall–Kier alpha value is -2.37. The molecule has 3 N–H and O–H groups in total. The van der Waals surface area contributed by atoms with Gasteiger partial charge in [-0.3, -0.25) is 4.79 Å². The van der Waals surface area contributed by atoms with Crippen molar-refractivity contribution in [2.24, 2.45) is 23.5 Å². The van der Waals surface area contributed by atoms with Gasteiger partial charge in [0.2, 0.25) is 5.91 Å². The number of benzene rings is 1. The first-order chi connectivity index (χ1) is 10.1. The molecule has 2 aliphatic rings. The molecular weight excluding hydrogens is 264 g/mol. The largest absolute Gasteiger partial charge is 0.327 e. The zero-order valence-electron chi connectivity index (χ0n) is 11.5. The van der Waals surface area contributed by atoms with E-state index in [9.17, 15) is 4.79 Å². The number of nitrogens with zero attached hydrogens (tertiary/aromatic N) is 2. The van der Waals surface area contributed by atoms with Crippen molar-refractivity contribution in [1.82, 2.24) is 0 Å². The molecule has 0 aliphatic heterocycles. The Kier molecular flexibility index (Phi) is 3.37. The Morgan fingerprint density at radius 3 is 2.52 bits per heavy atom. The molecule has 1 amide bonds. The number of nitriles is 2. The number of hydrogen-bond donors (Lipinski definition) is 2. The lowest BCUT2D eigenvalue weighted by molar-refractivity contribution is -0.121. The van der Waals surface area contributed by atoms with E-state index in [1.54, 1.807) is 12.1 Å². The molecule has 5 nitrogen and oxygen atoms in total. The SMILES string of the molecule is N#Cc1ccc(NC(=O)C2C3CCC(C3)C2N)cc1C#N. The normalized spacial score (nSPS) is 29.7. The van der Waals surface area contributed by atoms with Gasteiger partial charge in [-0.05, 0) is 49.3 Å². The van der Waals surface area contributed by atoms with Crippen LogP contribution in [-0.4, -0.2) is 11.9 Å². The molecule has 0 spiro atoms. The van der Waals surface area contributed by atoms with E-state index in [1.807, 2.05) is 12.1 Å². The number of anilines is 1. The molecule has 4 atom stereocenters. The summed E-state index contributed by atoms with van der Waals surface area (Å²) in [6.45, 7) is 0. The lowest BCUT2D eigenvalue weighted by Crippen LogP contribution is -2.42. The van der Waals surface area contributed by atoms with E-state index in [-0.39, 0.29) is 23.4 Å². The predicted molar refractivity (Wildman–Crippen MR) is 76.8 cm³/mol. The summed E-state index contributed by atoms with van der Waals surface area (Å²) in [7, 11) is 0. The molecule has 0 saturated heterocycles. The van der Waals surface area contributed by atoms with Crippen LogP contribution < -0.4 is 11.1 Å². The monoisotopic (exact) mass is 280 g/mol. The minimum Gasteiger partial charge on any atom is -0.327 e. The van der Waals surface area contributed by atoms with Crippen LogP contribution in [0.3, 0.4) is 0 Å². The Bertz CT molecular complexity index is 668. The molecule has 2 bridgehead atoms. The van der Waals surface area contributed by atoms with Crippen LogP contribution in [0.4, 0.5) is 5.69 Å². The van der Waals surface area contributed by atoms with Crippen LogP contribution >= 0.6 is 0 Å². The maximum absolute atomic E-state index is 12.4. The lowest BCUT2D eigenvalue weighted by Gasteiger charge is -2.27. The van der Waals surface area contributed by atoms with Gasteiger partial charge in [0.1, 0.15) is 12.1 Å². The van der Waals surface area contributed by atoms with Crippen LogP contribution in [0.1, 0.15) is 30.4 Å². The van der Waals surface area contributed by atoms with Crippen molar-refractivity contribution in [1.29, 1.82) is 10.5 Å². The third-order valence-corrected chi connectivity index (χ3v) is 4.81. The van der Waals surface area contributed by atoms with Crippen molar-refractivity contribution in [2.75, 3.05) is 5.32 Å².